The van der Waals surface area contributed by atoms with Crippen LogP contribution in [0.1, 0.15) is 44.8 Å². The largest absolute Gasteiger partial charge is 0.271 e. The highest BCUT2D eigenvalue weighted by atomic mass is 15.4. The van der Waals surface area contributed by atoms with Gasteiger partial charge in [0.15, 0.2) is 0 Å². The van der Waals surface area contributed by atoms with E-state index in [0.717, 1.165) is 5.69 Å². The molecular formula is C11H21N5. The SMILES string of the molecule is Cn1nncc1C(NN)C1CCCC1(C)C. The maximum atomic E-state index is 5.71. The van der Waals surface area contributed by atoms with E-state index in [9.17, 15) is 0 Å². The zero-order chi connectivity index (χ0) is 11.8. The molecule has 5 nitrogen and oxygen atoms in total. The fraction of sp³-hybridized carbons (Fsp3) is 0.818. The third kappa shape index (κ3) is 1.85. The summed E-state index contributed by atoms with van der Waals surface area (Å²) in [7, 11) is 1.91. The van der Waals surface area contributed by atoms with Crippen molar-refractivity contribution < 1.29 is 0 Å². The first-order valence-corrected chi connectivity index (χ1v) is 5.87. The summed E-state index contributed by atoms with van der Waals surface area (Å²) in [6.45, 7) is 4.64. The smallest absolute Gasteiger partial charge is 0.0769 e. The Kier molecular flexibility index (Phi) is 2.99. The van der Waals surface area contributed by atoms with E-state index in [0.29, 0.717) is 11.3 Å². The second-order valence-electron chi connectivity index (χ2n) is 5.41. The monoisotopic (exact) mass is 223 g/mol. The Labute approximate surface area is 96.4 Å². The number of nitrogens with one attached hydrogen (secondary N) is 1. The van der Waals surface area contributed by atoms with Crippen molar-refractivity contribution in [2.75, 3.05) is 0 Å². The molecule has 0 amide bonds. The lowest BCUT2D eigenvalue weighted by Gasteiger charge is -2.33. The van der Waals surface area contributed by atoms with Gasteiger partial charge in [-0.25, -0.2) is 0 Å². The van der Waals surface area contributed by atoms with Crippen LogP contribution in [0.5, 0.6) is 0 Å². The van der Waals surface area contributed by atoms with Crippen LogP contribution in [0.4, 0.5) is 0 Å². The lowest BCUT2D eigenvalue weighted by molar-refractivity contribution is 0.192. The molecule has 0 saturated heterocycles. The minimum Gasteiger partial charge on any atom is -0.271 e. The van der Waals surface area contributed by atoms with Crippen LogP contribution in [0.25, 0.3) is 0 Å². The van der Waals surface area contributed by atoms with Crippen LogP contribution < -0.4 is 11.3 Å². The quantitative estimate of drug-likeness (QED) is 0.595. The van der Waals surface area contributed by atoms with E-state index in [1.807, 2.05) is 7.05 Å². The van der Waals surface area contributed by atoms with Gasteiger partial charge in [-0.1, -0.05) is 25.5 Å². The Hall–Kier alpha value is -0.940. The zero-order valence-electron chi connectivity index (χ0n) is 10.3. The fourth-order valence-corrected chi connectivity index (χ4v) is 2.96. The molecule has 2 unspecified atom stereocenters. The topological polar surface area (TPSA) is 68.8 Å². The molecule has 0 aliphatic heterocycles. The average molecular weight is 223 g/mol. The van der Waals surface area contributed by atoms with E-state index < -0.39 is 0 Å². The predicted molar refractivity (Wildman–Crippen MR) is 62.2 cm³/mol. The summed E-state index contributed by atoms with van der Waals surface area (Å²) in [5.74, 6) is 6.27. The number of nitrogens with two attached hydrogens (primary N) is 1. The van der Waals surface area contributed by atoms with Crippen LogP contribution in [0.15, 0.2) is 6.20 Å². The maximum Gasteiger partial charge on any atom is 0.0769 e. The summed E-state index contributed by atoms with van der Waals surface area (Å²) in [5, 5.41) is 7.90. The highest BCUT2D eigenvalue weighted by Gasteiger charge is 2.40. The zero-order valence-corrected chi connectivity index (χ0v) is 10.3. The molecule has 0 spiro atoms. The number of aromatic nitrogens is 3. The molecule has 3 N–H and O–H groups in total. The van der Waals surface area contributed by atoms with Crippen LogP contribution in [-0.2, 0) is 7.05 Å². The predicted octanol–water partition coefficient (Wildman–Crippen LogP) is 1.15. The maximum absolute atomic E-state index is 5.71. The van der Waals surface area contributed by atoms with E-state index in [2.05, 4.69) is 29.6 Å². The third-order valence-corrected chi connectivity index (χ3v) is 3.99. The molecule has 1 aliphatic carbocycles. The van der Waals surface area contributed by atoms with Gasteiger partial charge in [0.25, 0.3) is 0 Å². The van der Waals surface area contributed by atoms with Gasteiger partial charge >= 0.3 is 0 Å². The third-order valence-electron chi connectivity index (χ3n) is 3.99. The molecule has 16 heavy (non-hydrogen) atoms. The van der Waals surface area contributed by atoms with Crippen molar-refractivity contribution in [3.8, 4) is 0 Å². The normalized spacial score (nSPS) is 25.9. The molecule has 0 radical (unpaired) electrons. The molecular weight excluding hydrogens is 202 g/mol. The molecule has 1 saturated carbocycles. The van der Waals surface area contributed by atoms with Crippen molar-refractivity contribution in [2.45, 2.75) is 39.2 Å². The van der Waals surface area contributed by atoms with Crippen molar-refractivity contribution in [1.82, 2.24) is 20.4 Å². The number of hydrogen-bond acceptors (Lipinski definition) is 4. The van der Waals surface area contributed by atoms with Crippen molar-refractivity contribution >= 4 is 0 Å². The number of hydrogen-bond donors (Lipinski definition) is 2. The van der Waals surface area contributed by atoms with Gasteiger partial charge in [-0.2, -0.15) is 0 Å². The number of nitrogens with zero attached hydrogens (tertiary/aromatic N) is 3. The van der Waals surface area contributed by atoms with E-state index in [1.165, 1.54) is 19.3 Å². The van der Waals surface area contributed by atoms with Crippen molar-refractivity contribution in [2.24, 2.45) is 24.2 Å². The molecule has 1 aliphatic rings. The Morgan fingerprint density at radius 3 is 2.81 bits per heavy atom. The van der Waals surface area contributed by atoms with Gasteiger partial charge in [-0.05, 0) is 24.2 Å². The first-order chi connectivity index (χ1) is 7.56. The molecule has 5 heteroatoms. The molecule has 1 aromatic heterocycles. The fourth-order valence-electron chi connectivity index (χ4n) is 2.96. The van der Waals surface area contributed by atoms with Crippen LogP contribution in [0.2, 0.25) is 0 Å². The summed E-state index contributed by atoms with van der Waals surface area (Å²) in [6, 6.07) is 0.150. The van der Waals surface area contributed by atoms with Gasteiger partial charge in [0, 0.05) is 7.05 Å². The highest BCUT2D eigenvalue weighted by molar-refractivity contribution is 5.07. The van der Waals surface area contributed by atoms with Crippen molar-refractivity contribution in [3.63, 3.8) is 0 Å². The number of aryl methyl sites for hydroxylation is 1. The first-order valence-electron chi connectivity index (χ1n) is 5.87. The lowest BCUT2D eigenvalue weighted by Crippen LogP contribution is -2.38. The Morgan fingerprint density at radius 2 is 2.38 bits per heavy atom. The molecule has 2 rings (SSSR count). The Bertz CT molecular complexity index is 357. The molecule has 1 fully saturated rings. The van der Waals surface area contributed by atoms with Crippen LogP contribution in [0, 0.1) is 11.3 Å². The summed E-state index contributed by atoms with van der Waals surface area (Å²) >= 11 is 0. The molecule has 0 bridgehead atoms. The van der Waals surface area contributed by atoms with E-state index >= 15 is 0 Å². The second-order valence-corrected chi connectivity index (χ2v) is 5.41. The number of rotatable bonds is 3. The lowest BCUT2D eigenvalue weighted by atomic mass is 9.77. The van der Waals surface area contributed by atoms with Gasteiger partial charge in [-0.3, -0.25) is 16.0 Å². The molecule has 2 atom stereocenters. The molecule has 90 valence electrons. The Morgan fingerprint density at radius 1 is 1.62 bits per heavy atom. The van der Waals surface area contributed by atoms with Crippen LogP contribution in [0.3, 0.4) is 0 Å². The number of hydrazine groups is 1. The van der Waals surface area contributed by atoms with Crippen molar-refractivity contribution in [3.05, 3.63) is 11.9 Å². The van der Waals surface area contributed by atoms with Crippen molar-refractivity contribution in [1.29, 1.82) is 0 Å². The minimum atomic E-state index is 0.150. The standard InChI is InChI=1S/C11H21N5/c1-11(2)6-4-5-8(11)10(14-12)9-7-13-15-16(9)3/h7-8,10,14H,4-6,12H2,1-3H3. The highest BCUT2D eigenvalue weighted by Crippen LogP contribution is 2.48. The Balaban J connectivity index is 2.27. The van der Waals surface area contributed by atoms with Crippen LogP contribution in [-0.4, -0.2) is 15.0 Å². The average Bonchev–Trinajstić information content (AvgIpc) is 2.77. The minimum absolute atomic E-state index is 0.150. The van der Waals surface area contributed by atoms with E-state index in [4.69, 9.17) is 5.84 Å². The van der Waals surface area contributed by atoms with Gasteiger partial charge < -0.3 is 0 Å². The molecule has 0 aromatic carbocycles. The van der Waals surface area contributed by atoms with Gasteiger partial charge in [0.1, 0.15) is 0 Å². The van der Waals surface area contributed by atoms with Crippen LogP contribution >= 0.6 is 0 Å². The summed E-state index contributed by atoms with van der Waals surface area (Å²) in [5.41, 5.74) is 4.35. The van der Waals surface area contributed by atoms with E-state index in [-0.39, 0.29) is 6.04 Å². The summed E-state index contributed by atoms with van der Waals surface area (Å²) < 4.78 is 1.80. The first kappa shape index (κ1) is 11.5. The summed E-state index contributed by atoms with van der Waals surface area (Å²) in [6.07, 6.45) is 5.56. The molecule has 1 aromatic rings. The van der Waals surface area contributed by atoms with Gasteiger partial charge in [0.2, 0.25) is 0 Å². The summed E-state index contributed by atoms with van der Waals surface area (Å²) in [4.78, 5) is 0. The van der Waals surface area contributed by atoms with Gasteiger partial charge in [-0.15, -0.1) is 5.10 Å². The van der Waals surface area contributed by atoms with E-state index in [1.54, 1.807) is 10.9 Å². The molecule has 1 heterocycles. The van der Waals surface area contributed by atoms with Gasteiger partial charge in [0.05, 0.1) is 17.9 Å². The second kappa shape index (κ2) is 4.14.